The molecule has 1 aromatic rings. The molecule has 0 saturated carbocycles. The minimum absolute atomic E-state index is 0.000573. The molecule has 1 aromatic heterocycles. The number of rotatable bonds is 10. The van der Waals surface area contributed by atoms with Gasteiger partial charge in [-0.25, -0.2) is 8.78 Å². The van der Waals surface area contributed by atoms with E-state index in [1.807, 2.05) is 32.7 Å². The fraction of sp³-hybridized carbons (Fsp3) is 0.464. The number of halogens is 3. The van der Waals surface area contributed by atoms with Crippen LogP contribution >= 0.6 is 11.6 Å². The van der Waals surface area contributed by atoms with Gasteiger partial charge < -0.3 is 14.6 Å². The van der Waals surface area contributed by atoms with Crippen LogP contribution in [-0.4, -0.2) is 70.8 Å². The van der Waals surface area contributed by atoms with Gasteiger partial charge in [0.1, 0.15) is 16.7 Å². The van der Waals surface area contributed by atoms with Crippen LogP contribution in [0.1, 0.15) is 43.0 Å². The van der Waals surface area contributed by atoms with Gasteiger partial charge in [-0.15, -0.1) is 0 Å². The monoisotopic (exact) mass is 548 g/mol. The quantitative estimate of drug-likeness (QED) is 0.325. The number of piperidine rings is 1. The Hall–Kier alpha value is -3.04. The van der Waals surface area contributed by atoms with E-state index in [4.69, 9.17) is 11.6 Å². The summed E-state index contributed by atoms with van der Waals surface area (Å²) in [5, 5.41) is 8.62. The number of carbonyl (C=O) groups is 2. The van der Waals surface area contributed by atoms with Gasteiger partial charge in [0, 0.05) is 38.2 Å². The Morgan fingerprint density at radius 3 is 2.61 bits per heavy atom. The Morgan fingerprint density at radius 1 is 1.26 bits per heavy atom. The molecule has 1 N–H and O–H groups in total. The second-order valence-corrected chi connectivity index (χ2v) is 9.92. The third kappa shape index (κ3) is 7.29. The second-order valence-electron chi connectivity index (χ2n) is 9.54. The zero-order chi connectivity index (χ0) is 27.8. The van der Waals surface area contributed by atoms with Crippen molar-refractivity contribution in [3.63, 3.8) is 0 Å². The van der Waals surface area contributed by atoms with Crippen molar-refractivity contribution in [1.82, 2.24) is 14.4 Å². The Labute approximate surface area is 227 Å². The van der Waals surface area contributed by atoms with E-state index in [0.717, 1.165) is 22.9 Å². The van der Waals surface area contributed by atoms with E-state index in [0.29, 0.717) is 52.0 Å². The van der Waals surface area contributed by atoms with Crippen molar-refractivity contribution in [1.29, 1.82) is 0 Å². The average molecular weight is 549 g/mol. The van der Waals surface area contributed by atoms with Crippen LogP contribution in [-0.2, 0) is 29.1 Å². The Morgan fingerprint density at radius 2 is 1.97 bits per heavy atom. The maximum Gasteiger partial charge on any atom is 0.306 e. The molecule has 1 amide bonds. The summed E-state index contributed by atoms with van der Waals surface area (Å²) in [6.45, 7) is 7.98. The van der Waals surface area contributed by atoms with Crippen LogP contribution in [0.15, 0.2) is 52.2 Å². The van der Waals surface area contributed by atoms with E-state index in [1.165, 1.54) is 6.92 Å². The maximum atomic E-state index is 14.6. The zero-order valence-electron chi connectivity index (χ0n) is 21.9. The lowest BCUT2D eigenvalue weighted by Gasteiger charge is -2.33. The first-order chi connectivity index (χ1) is 18.2. The van der Waals surface area contributed by atoms with Crippen LogP contribution in [0.2, 0.25) is 0 Å². The summed E-state index contributed by atoms with van der Waals surface area (Å²) in [6, 6.07) is 0. The molecule has 2 aliphatic heterocycles. The number of likely N-dealkylation sites (tertiary alicyclic amines) is 1. The summed E-state index contributed by atoms with van der Waals surface area (Å²) >= 11 is 5.80. The molecule has 3 rings (SSSR count). The minimum atomic E-state index is -0.869. The number of carboxylic acids is 1. The molecular formula is C28H35ClF2N4O3. The topological polar surface area (TPSA) is 78.1 Å². The summed E-state index contributed by atoms with van der Waals surface area (Å²) in [5.41, 5.74) is 3.18. The number of carboxylic acid groups (broad SMARTS) is 1. The lowest BCUT2D eigenvalue weighted by atomic mass is 9.97. The first-order valence-electron chi connectivity index (χ1n) is 12.7. The standard InChI is InChI=1S/C28H35ClF2N4O3/c1-4-23(30)26(29)27(31)19(2)7-14-34-16-21(6-5-11-32-3)22-10-15-35(17-24(22)34)25(36)18-33-12-8-20(9-13-33)28(37)38/h4-6,11,16,20H,2,7-10,12-15,17-18H2,1,3H3,(H,37,38)/b6-5-,23-4+,27-26-,32-11-. The molecule has 0 spiro atoms. The van der Waals surface area contributed by atoms with Gasteiger partial charge in [-0.3, -0.25) is 19.5 Å². The molecule has 0 bridgehead atoms. The number of aryl methyl sites for hydroxylation is 1. The lowest BCUT2D eigenvalue weighted by molar-refractivity contribution is -0.143. The number of allylic oxidation sites excluding steroid dienone is 6. The number of aliphatic imine (C=N–C) groups is 1. The van der Waals surface area contributed by atoms with E-state index in [1.54, 1.807) is 13.3 Å². The number of fused-ring (bicyclic) bond motifs is 1. The third-order valence-electron chi connectivity index (χ3n) is 7.09. The van der Waals surface area contributed by atoms with Crippen LogP contribution in [0.25, 0.3) is 6.08 Å². The molecule has 38 heavy (non-hydrogen) atoms. The van der Waals surface area contributed by atoms with Gasteiger partial charge in [-0.2, -0.15) is 0 Å². The van der Waals surface area contributed by atoms with Crippen molar-refractivity contribution >= 4 is 35.8 Å². The Balaban J connectivity index is 1.74. The molecule has 1 saturated heterocycles. The zero-order valence-corrected chi connectivity index (χ0v) is 22.7. The van der Waals surface area contributed by atoms with Crippen molar-refractivity contribution in [3.05, 3.63) is 64.0 Å². The largest absolute Gasteiger partial charge is 0.481 e. The molecule has 206 valence electrons. The van der Waals surface area contributed by atoms with E-state index in [2.05, 4.69) is 11.6 Å². The van der Waals surface area contributed by atoms with Crippen LogP contribution in [0.5, 0.6) is 0 Å². The summed E-state index contributed by atoms with van der Waals surface area (Å²) in [4.78, 5) is 32.2. The third-order valence-corrected chi connectivity index (χ3v) is 7.44. The summed E-state index contributed by atoms with van der Waals surface area (Å²) in [6.07, 6.45) is 10.5. The molecule has 7 nitrogen and oxygen atoms in total. The predicted octanol–water partition coefficient (Wildman–Crippen LogP) is 5.12. The van der Waals surface area contributed by atoms with Crippen LogP contribution in [0, 0.1) is 5.92 Å². The van der Waals surface area contributed by atoms with Gasteiger partial charge in [0.15, 0.2) is 0 Å². The number of carbonyl (C=O) groups excluding carboxylic acids is 1. The fourth-order valence-corrected chi connectivity index (χ4v) is 5.06. The predicted molar refractivity (Wildman–Crippen MR) is 146 cm³/mol. The van der Waals surface area contributed by atoms with Gasteiger partial charge >= 0.3 is 5.97 Å². The molecule has 0 aromatic carbocycles. The number of hydrogen-bond acceptors (Lipinski definition) is 4. The first-order valence-corrected chi connectivity index (χ1v) is 13.1. The fourth-order valence-electron chi connectivity index (χ4n) is 4.82. The average Bonchev–Trinajstić information content (AvgIpc) is 3.27. The van der Waals surface area contributed by atoms with Gasteiger partial charge in [-0.1, -0.05) is 30.3 Å². The van der Waals surface area contributed by atoms with Crippen LogP contribution < -0.4 is 0 Å². The number of aliphatic carboxylic acids is 1. The van der Waals surface area contributed by atoms with Gasteiger partial charge in [0.05, 0.1) is 19.0 Å². The second kappa shape index (κ2) is 13.7. The highest BCUT2D eigenvalue weighted by Crippen LogP contribution is 2.30. The maximum absolute atomic E-state index is 14.6. The minimum Gasteiger partial charge on any atom is -0.481 e. The number of amides is 1. The van der Waals surface area contributed by atoms with E-state index < -0.39 is 22.7 Å². The van der Waals surface area contributed by atoms with Crippen molar-refractivity contribution in [2.75, 3.05) is 33.2 Å². The van der Waals surface area contributed by atoms with Crippen LogP contribution in [0.4, 0.5) is 8.78 Å². The molecule has 0 aliphatic carbocycles. The molecule has 0 unspecified atom stereocenters. The highest BCUT2D eigenvalue weighted by Gasteiger charge is 2.29. The van der Waals surface area contributed by atoms with Gasteiger partial charge in [0.2, 0.25) is 5.91 Å². The Bertz CT molecular complexity index is 1180. The van der Waals surface area contributed by atoms with Crippen molar-refractivity contribution in [2.45, 2.75) is 45.7 Å². The number of aromatic nitrogens is 1. The molecule has 3 heterocycles. The SMILES string of the molecule is C=C(CCn1cc(/C=C\C=N/C)c2c1CN(C(=O)CN1CCC(C(=O)O)CC1)CC2)/C(F)=C(Cl)\C(F)=C/C. The number of nitrogens with zero attached hydrogens (tertiary/aromatic N) is 4. The van der Waals surface area contributed by atoms with E-state index >= 15 is 0 Å². The van der Waals surface area contributed by atoms with Crippen molar-refractivity contribution < 1.29 is 23.5 Å². The highest BCUT2D eigenvalue weighted by atomic mass is 35.5. The molecule has 1 fully saturated rings. The molecule has 0 atom stereocenters. The van der Waals surface area contributed by atoms with E-state index in [9.17, 15) is 23.5 Å². The van der Waals surface area contributed by atoms with Crippen LogP contribution in [0.3, 0.4) is 0 Å². The molecule has 0 radical (unpaired) electrons. The van der Waals surface area contributed by atoms with Gasteiger partial charge in [0.25, 0.3) is 0 Å². The molecule has 2 aliphatic rings. The van der Waals surface area contributed by atoms with Crippen molar-refractivity contribution in [2.24, 2.45) is 10.9 Å². The smallest absolute Gasteiger partial charge is 0.306 e. The van der Waals surface area contributed by atoms with E-state index in [-0.39, 0.29) is 30.4 Å². The summed E-state index contributed by atoms with van der Waals surface area (Å²) in [5.74, 6) is -2.83. The summed E-state index contributed by atoms with van der Waals surface area (Å²) in [7, 11) is 1.69. The normalized spacial score (nSPS) is 18.2. The number of hydrogen-bond donors (Lipinski definition) is 1. The summed E-state index contributed by atoms with van der Waals surface area (Å²) < 4.78 is 30.3. The molecule has 10 heteroatoms. The lowest BCUT2D eigenvalue weighted by Crippen LogP contribution is -2.45. The molecular weight excluding hydrogens is 514 g/mol. The highest BCUT2D eigenvalue weighted by molar-refractivity contribution is 6.32. The van der Waals surface area contributed by atoms with Crippen molar-refractivity contribution in [3.8, 4) is 0 Å². The Kier molecular flexibility index (Phi) is 10.6. The first kappa shape index (κ1) is 29.5. The van der Waals surface area contributed by atoms with Gasteiger partial charge in [-0.05, 0) is 68.5 Å².